The summed E-state index contributed by atoms with van der Waals surface area (Å²) in [5.74, 6) is 0.0728. The number of hydrogen-bond acceptors (Lipinski definition) is 4. The minimum Gasteiger partial charge on any atom is -0.409 e. The molecule has 4 nitrogen and oxygen atoms in total. The number of aromatic nitrogens is 1. The van der Waals surface area contributed by atoms with Crippen molar-refractivity contribution in [3.8, 4) is 0 Å². The van der Waals surface area contributed by atoms with E-state index in [1.165, 1.54) is 17.3 Å². The van der Waals surface area contributed by atoms with E-state index in [-0.39, 0.29) is 5.84 Å². The number of amidine groups is 1. The van der Waals surface area contributed by atoms with Crippen LogP contribution in [0.5, 0.6) is 0 Å². The van der Waals surface area contributed by atoms with Crippen LogP contribution in [-0.4, -0.2) is 16.0 Å². The van der Waals surface area contributed by atoms with Crippen molar-refractivity contribution in [2.45, 2.75) is 23.8 Å². The first-order valence-electron chi connectivity index (χ1n) is 5.81. The van der Waals surface area contributed by atoms with Gasteiger partial charge in [-0.25, -0.2) is 4.98 Å². The third-order valence-corrected chi connectivity index (χ3v) is 3.87. The van der Waals surface area contributed by atoms with Gasteiger partial charge in [0, 0.05) is 10.6 Å². The van der Waals surface area contributed by atoms with E-state index in [9.17, 15) is 0 Å². The molecule has 1 aromatic carbocycles. The molecule has 0 aliphatic rings. The van der Waals surface area contributed by atoms with Crippen molar-refractivity contribution >= 4 is 17.6 Å². The van der Waals surface area contributed by atoms with Crippen LogP contribution in [0.15, 0.2) is 51.5 Å². The number of oxime groups is 1. The molecular formula is C14H15N3OS. The number of pyridine rings is 1. The molecule has 3 N–H and O–H groups in total. The Morgan fingerprint density at radius 3 is 2.63 bits per heavy atom. The van der Waals surface area contributed by atoms with Crippen molar-refractivity contribution in [1.29, 1.82) is 0 Å². The van der Waals surface area contributed by atoms with Gasteiger partial charge >= 0.3 is 0 Å². The van der Waals surface area contributed by atoms with Crippen LogP contribution in [0.25, 0.3) is 0 Å². The second kappa shape index (κ2) is 5.75. The van der Waals surface area contributed by atoms with Crippen LogP contribution in [0.1, 0.15) is 16.8 Å². The Hall–Kier alpha value is -2.01. The fourth-order valence-electron chi connectivity index (χ4n) is 1.63. The molecule has 1 aromatic heterocycles. The topological polar surface area (TPSA) is 71.5 Å². The van der Waals surface area contributed by atoms with Crippen LogP contribution in [0.2, 0.25) is 0 Å². The van der Waals surface area contributed by atoms with E-state index < -0.39 is 0 Å². The van der Waals surface area contributed by atoms with Gasteiger partial charge in [-0.3, -0.25) is 0 Å². The third-order valence-electron chi connectivity index (χ3n) is 2.68. The molecule has 2 aromatic rings. The zero-order chi connectivity index (χ0) is 13.8. The average Bonchev–Trinajstić information content (AvgIpc) is 2.41. The highest BCUT2D eigenvalue weighted by atomic mass is 32.2. The van der Waals surface area contributed by atoms with Gasteiger partial charge in [0.15, 0.2) is 5.84 Å². The lowest BCUT2D eigenvalue weighted by Gasteiger charge is -2.09. The van der Waals surface area contributed by atoms with Crippen LogP contribution < -0.4 is 5.73 Å². The molecular weight excluding hydrogens is 258 g/mol. The highest BCUT2D eigenvalue weighted by Crippen LogP contribution is 2.31. The Kier molecular flexibility index (Phi) is 4.06. The van der Waals surface area contributed by atoms with E-state index in [0.29, 0.717) is 5.56 Å². The molecule has 19 heavy (non-hydrogen) atoms. The summed E-state index contributed by atoms with van der Waals surface area (Å²) in [6, 6.07) is 11.7. The summed E-state index contributed by atoms with van der Waals surface area (Å²) >= 11 is 1.52. The minimum atomic E-state index is 0.0728. The van der Waals surface area contributed by atoms with Crippen LogP contribution >= 0.6 is 11.8 Å². The summed E-state index contributed by atoms with van der Waals surface area (Å²) in [5, 5.41) is 12.6. The maximum Gasteiger partial charge on any atom is 0.172 e. The van der Waals surface area contributed by atoms with Gasteiger partial charge in [-0.2, -0.15) is 0 Å². The van der Waals surface area contributed by atoms with Gasteiger partial charge < -0.3 is 10.9 Å². The van der Waals surface area contributed by atoms with E-state index in [1.54, 1.807) is 0 Å². The predicted molar refractivity (Wildman–Crippen MR) is 76.8 cm³/mol. The van der Waals surface area contributed by atoms with Gasteiger partial charge in [-0.1, -0.05) is 35.1 Å². The van der Waals surface area contributed by atoms with Gasteiger partial charge in [0.1, 0.15) is 5.03 Å². The fraction of sp³-hybridized carbons (Fsp3) is 0.143. The Morgan fingerprint density at radius 2 is 1.95 bits per heavy atom. The molecule has 0 bridgehead atoms. The second-order valence-corrected chi connectivity index (χ2v) is 5.19. The van der Waals surface area contributed by atoms with E-state index in [1.807, 2.05) is 50.2 Å². The van der Waals surface area contributed by atoms with Crippen molar-refractivity contribution in [2.75, 3.05) is 0 Å². The molecule has 1 heterocycles. The highest BCUT2D eigenvalue weighted by molar-refractivity contribution is 7.99. The van der Waals surface area contributed by atoms with E-state index in [0.717, 1.165) is 15.6 Å². The smallest absolute Gasteiger partial charge is 0.172 e. The number of nitrogens with two attached hydrogens (primary N) is 1. The van der Waals surface area contributed by atoms with Gasteiger partial charge in [0.05, 0.1) is 5.56 Å². The zero-order valence-electron chi connectivity index (χ0n) is 10.8. The maximum atomic E-state index is 8.83. The van der Waals surface area contributed by atoms with Crippen molar-refractivity contribution in [1.82, 2.24) is 4.98 Å². The van der Waals surface area contributed by atoms with Crippen LogP contribution in [0.3, 0.4) is 0 Å². The van der Waals surface area contributed by atoms with E-state index in [4.69, 9.17) is 10.9 Å². The molecule has 0 unspecified atom stereocenters. The molecule has 98 valence electrons. The van der Waals surface area contributed by atoms with E-state index >= 15 is 0 Å². The monoisotopic (exact) mass is 273 g/mol. The first kappa shape index (κ1) is 13.4. The first-order chi connectivity index (χ1) is 9.11. The summed E-state index contributed by atoms with van der Waals surface area (Å²) in [4.78, 5) is 5.57. The normalized spacial score (nSPS) is 11.6. The number of benzene rings is 1. The summed E-state index contributed by atoms with van der Waals surface area (Å²) in [6.07, 6.45) is 0. The highest BCUT2D eigenvalue weighted by Gasteiger charge is 2.11. The Labute approximate surface area is 116 Å². The summed E-state index contributed by atoms with van der Waals surface area (Å²) in [7, 11) is 0. The number of aryl methyl sites for hydroxylation is 2. The lowest BCUT2D eigenvalue weighted by Crippen LogP contribution is -2.15. The summed E-state index contributed by atoms with van der Waals surface area (Å²) in [6.45, 7) is 3.96. The molecule has 0 radical (unpaired) electrons. The van der Waals surface area contributed by atoms with Crippen molar-refractivity contribution in [2.24, 2.45) is 10.9 Å². The largest absolute Gasteiger partial charge is 0.409 e. The average molecular weight is 273 g/mol. The first-order valence-corrected chi connectivity index (χ1v) is 6.62. The lowest BCUT2D eigenvalue weighted by molar-refractivity contribution is 0.318. The SMILES string of the molecule is Cc1ccc(C(N)=NO)c(Sc2ccccc2C)n1. The van der Waals surface area contributed by atoms with Gasteiger partial charge in [-0.15, -0.1) is 0 Å². The summed E-state index contributed by atoms with van der Waals surface area (Å²) < 4.78 is 0. The molecule has 0 atom stereocenters. The standard InChI is InChI=1S/C14H15N3OS/c1-9-5-3-4-6-12(9)19-14-11(13(15)17-18)8-7-10(2)16-14/h3-8,18H,1-2H3,(H2,15,17). The molecule has 0 aliphatic carbocycles. The molecule has 5 heteroatoms. The van der Waals surface area contributed by atoms with Gasteiger partial charge in [0.2, 0.25) is 0 Å². The molecule has 0 saturated heterocycles. The Bertz CT molecular complexity index is 626. The van der Waals surface area contributed by atoms with Crippen LogP contribution in [0.4, 0.5) is 0 Å². The zero-order valence-corrected chi connectivity index (χ0v) is 11.6. The molecule has 0 aliphatic heterocycles. The molecule has 0 saturated carbocycles. The lowest BCUT2D eigenvalue weighted by atomic mass is 10.2. The number of hydrogen-bond donors (Lipinski definition) is 2. The number of nitrogens with zero attached hydrogens (tertiary/aromatic N) is 2. The van der Waals surface area contributed by atoms with Crippen LogP contribution in [-0.2, 0) is 0 Å². The van der Waals surface area contributed by atoms with Crippen molar-refractivity contribution < 1.29 is 5.21 Å². The summed E-state index contributed by atoms with van der Waals surface area (Å²) in [5.41, 5.74) is 8.39. The van der Waals surface area contributed by atoms with E-state index in [2.05, 4.69) is 10.1 Å². The molecule has 2 rings (SSSR count). The predicted octanol–water partition coefficient (Wildman–Crippen LogP) is 2.94. The van der Waals surface area contributed by atoms with Gasteiger partial charge in [-0.05, 0) is 37.6 Å². The Morgan fingerprint density at radius 1 is 1.21 bits per heavy atom. The molecule has 0 spiro atoms. The number of rotatable bonds is 3. The quantitative estimate of drug-likeness (QED) is 0.390. The van der Waals surface area contributed by atoms with Crippen molar-refractivity contribution in [3.05, 3.63) is 53.2 Å². The second-order valence-electron chi connectivity index (χ2n) is 4.16. The van der Waals surface area contributed by atoms with Crippen molar-refractivity contribution in [3.63, 3.8) is 0 Å². The molecule has 0 fully saturated rings. The van der Waals surface area contributed by atoms with Crippen LogP contribution in [0, 0.1) is 13.8 Å². The Balaban J connectivity index is 2.44. The third kappa shape index (κ3) is 3.06. The molecule has 0 amide bonds. The van der Waals surface area contributed by atoms with Gasteiger partial charge in [0.25, 0.3) is 0 Å². The maximum absolute atomic E-state index is 8.83. The minimum absolute atomic E-state index is 0.0728. The fourth-order valence-corrected chi connectivity index (χ4v) is 2.69.